The second kappa shape index (κ2) is 6.70. The van der Waals surface area contributed by atoms with Crippen LogP contribution in [0, 0.1) is 5.82 Å². The first-order valence-electron chi connectivity index (χ1n) is 9.12. The summed E-state index contributed by atoms with van der Waals surface area (Å²) in [4.78, 5) is 18.9. The van der Waals surface area contributed by atoms with Crippen LogP contribution in [0.2, 0.25) is 0 Å². The van der Waals surface area contributed by atoms with E-state index in [0.717, 1.165) is 10.9 Å². The number of aryl methyl sites for hydroxylation is 1. The van der Waals surface area contributed by atoms with Crippen molar-refractivity contribution in [3.05, 3.63) is 72.2 Å². The van der Waals surface area contributed by atoms with E-state index in [1.54, 1.807) is 29.9 Å². The van der Waals surface area contributed by atoms with Crippen LogP contribution >= 0.6 is 0 Å². The van der Waals surface area contributed by atoms with Gasteiger partial charge in [0.1, 0.15) is 22.8 Å². The summed E-state index contributed by atoms with van der Waals surface area (Å²) in [5.74, 6) is -0.290. The van der Waals surface area contributed by atoms with Gasteiger partial charge in [0.05, 0.1) is 22.3 Å². The highest BCUT2D eigenvalue weighted by Crippen LogP contribution is 2.36. The number of nitrogens with one attached hydrogen (secondary N) is 1. The maximum absolute atomic E-state index is 13.2. The lowest BCUT2D eigenvalue weighted by atomic mass is 10.1. The molecule has 5 rings (SSSR count). The summed E-state index contributed by atoms with van der Waals surface area (Å²) < 4.78 is 20.8. The molecule has 0 fully saturated rings. The Morgan fingerprint density at radius 2 is 1.97 bits per heavy atom. The Kier molecular flexibility index (Phi) is 3.99. The Morgan fingerprint density at radius 1 is 1.17 bits per heavy atom. The van der Waals surface area contributed by atoms with E-state index in [0.29, 0.717) is 33.9 Å². The summed E-state index contributed by atoms with van der Waals surface area (Å²) in [5.41, 5.74) is 3.18. The van der Waals surface area contributed by atoms with E-state index in [1.807, 2.05) is 18.2 Å². The molecule has 0 unspecified atom stereocenters. The number of nitrogens with zero attached hydrogens (tertiary/aromatic N) is 3. The Labute approximate surface area is 169 Å². The van der Waals surface area contributed by atoms with Crippen molar-refractivity contribution >= 4 is 27.9 Å². The van der Waals surface area contributed by atoms with Crippen molar-refractivity contribution in [2.45, 2.75) is 0 Å². The van der Waals surface area contributed by atoms with Crippen molar-refractivity contribution in [1.29, 1.82) is 0 Å². The van der Waals surface area contributed by atoms with Gasteiger partial charge in [0, 0.05) is 18.6 Å². The van der Waals surface area contributed by atoms with Crippen LogP contribution in [0.15, 0.2) is 60.8 Å². The minimum Gasteiger partial charge on any atom is -0.478 e. The van der Waals surface area contributed by atoms with E-state index in [9.17, 15) is 14.3 Å². The zero-order chi connectivity index (χ0) is 20.8. The molecule has 5 aromatic rings. The van der Waals surface area contributed by atoms with Crippen LogP contribution < -0.4 is 4.74 Å². The molecular weight excluding hydrogens is 387 g/mol. The van der Waals surface area contributed by atoms with Crippen molar-refractivity contribution in [3.63, 3.8) is 0 Å². The molecule has 0 amide bonds. The number of hydrogen-bond acceptors (Lipinski definition) is 4. The lowest BCUT2D eigenvalue weighted by Crippen LogP contribution is -1.97. The lowest BCUT2D eigenvalue weighted by molar-refractivity contribution is 0.0698. The van der Waals surface area contributed by atoms with Gasteiger partial charge < -0.3 is 14.8 Å². The molecule has 0 aliphatic carbocycles. The van der Waals surface area contributed by atoms with Gasteiger partial charge in [0.25, 0.3) is 0 Å². The number of aromatic carboxylic acids is 1. The van der Waals surface area contributed by atoms with Crippen LogP contribution in [-0.2, 0) is 7.05 Å². The van der Waals surface area contributed by atoms with Crippen LogP contribution in [0.5, 0.6) is 11.5 Å². The first-order valence-corrected chi connectivity index (χ1v) is 9.12. The van der Waals surface area contributed by atoms with E-state index >= 15 is 0 Å². The molecule has 0 aliphatic rings. The molecule has 2 aromatic carbocycles. The summed E-state index contributed by atoms with van der Waals surface area (Å²) in [6.07, 6.45) is 1.47. The van der Waals surface area contributed by atoms with Gasteiger partial charge in [-0.3, -0.25) is 9.67 Å². The molecule has 7 nitrogen and oxygen atoms in total. The topological polar surface area (TPSA) is 93.0 Å². The Morgan fingerprint density at radius 3 is 2.73 bits per heavy atom. The second-order valence-corrected chi connectivity index (χ2v) is 6.79. The summed E-state index contributed by atoms with van der Waals surface area (Å²) in [6, 6.07) is 14.6. The maximum atomic E-state index is 13.2. The number of aromatic amines is 1. The summed E-state index contributed by atoms with van der Waals surface area (Å²) in [5, 5.41) is 14.9. The number of carboxylic acid groups (broad SMARTS) is 1. The van der Waals surface area contributed by atoms with Gasteiger partial charge in [0.15, 0.2) is 5.75 Å². The van der Waals surface area contributed by atoms with Gasteiger partial charge in [-0.2, -0.15) is 5.10 Å². The Balaban J connectivity index is 1.65. The zero-order valence-corrected chi connectivity index (χ0v) is 15.8. The average Bonchev–Trinajstić information content (AvgIpc) is 3.31. The van der Waals surface area contributed by atoms with E-state index in [1.165, 1.54) is 24.4 Å². The van der Waals surface area contributed by atoms with Gasteiger partial charge >= 0.3 is 5.97 Å². The summed E-state index contributed by atoms with van der Waals surface area (Å²) >= 11 is 0. The Bertz CT molecular complexity index is 1420. The van der Waals surface area contributed by atoms with Crippen molar-refractivity contribution in [2.24, 2.45) is 7.05 Å². The highest BCUT2D eigenvalue weighted by atomic mass is 19.1. The molecule has 0 saturated carbocycles. The highest BCUT2D eigenvalue weighted by molar-refractivity contribution is 6.03. The third kappa shape index (κ3) is 2.86. The van der Waals surface area contributed by atoms with Crippen molar-refractivity contribution < 1.29 is 19.0 Å². The molecule has 3 heterocycles. The molecule has 148 valence electrons. The van der Waals surface area contributed by atoms with Crippen LogP contribution in [-0.4, -0.2) is 30.8 Å². The normalized spacial score (nSPS) is 11.3. The standard InChI is InChI=1S/C22H15FN4O3/c1-27-21-14(3-2-4-18(21)30-13-7-5-12(23)6-8-13)20(26-27)17-11-16-19(25-17)15(22(28)29)9-10-24-16/h2-11,25H,1H3,(H,28,29). The molecule has 2 N–H and O–H groups in total. The van der Waals surface area contributed by atoms with Crippen LogP contribution in [0.1, 0.15) is 10.4 Å². The van der Waals surface area contributed by atoms with E-state index in [2.05, 4.69) is 15.1 Å². The number of ether oxygens (including phenoxy) is 1. The fourth-order valence-electron chi connectivity index (χ4n) is 3.54. The maximum Gasteiger partial charge on any atom is 0.337 e. The monoisotopic (exact) mass is 402 g/mol. The number of pyridine rings is 1. The number of H-pyrrole nitrogens is 1. The smallest absolute Gasteiger partial charge is 0.337 e. The van der Waals surface area contributed by atoms with Gasteiger partial charge in [0.2, 0.25) is 0 Å². The van der Waals surface area contributed by atoms with Crippen LogP contribution in [0.4, 0.5) is 4.39 Å². The first-order chi connectivity index (χ1) is 14.5. The zero-order valence-electron chi connectivity index (χ0n) is 15.8. The van der Waals surface area contributed by atoms with Crippen LogP contribution in [0.3, 0.4) is 0 Å². The number of rotatable bonds is 4. The molecule has 8 heteroatoms. The third-order valence-corrected chi connectivity index (χ3v) is 4.88. The number of fused-ring (bicyclic) bond motifs is 2. The molecule has 0 bridgehead atoms. The van der Waals surface area contributed by atoms with E-state index in [4.69, 9.17) is 4.74 Å². The van der Waals surface area contributed by atoms with E-state index in [-0.39, 0.29) is 11.4 Å². The molecule has 3 aromatic heterocycles. The van der Waals surface area contributed by atoms with Gasteiger partial charge in [-0.25, -0.2) is 9.18 Å². The van der Waals surface area contributed by atoms with Crippen LogP contribution in [0.25, 0.3) is 33.3 Å². The molecule has 30 heavy (non-hydrogen) atoms. The number of aromatic nitrogens is 4. The van der Waals surface area contributed by atoms with Crippen molar-refractivity contribution in [2.75, 3.05) is 0 Å². The molecule has 0 radical (unpaired) electrons. The second-order valence-electron chi connectivity index (χ2n) is 6.79. The Hall–Kier alpha value is -4.20. The predicted molar refractivity (Wildman–Crippen MR) is 109 cm³/mol. The van der Waals surface area contributed by atoms with E-state index < -0.39 is 5.97 Å². The van der Waals surface area contributed by atoms with Gasteiger partial charge in [-0.1, -0.05) is 12.1 Å². The first kappa shape index (κ1) is 17.9. The number of carbonyl (C=O) groups is 1. The fourth-order valence-corrected chi connectivity index (χ4v) is 3.54. The number of para-hydroxylation sites is 1. The van der Waals surface area contributed by atoms with Crippen molar-refractivity contribution in [3.8, 4) is 22.9 Å². The number of benzene rings is 2. The lowest BCUT2D eigenvalue weighted by Gasteiger charge is -2.07. The highest BCUT2D eigenvalue weighted by Gasteiger charge is 2.19. The molecular formula is C22H15FN4O3. The summed E-state index contributed by atoms with van der Waals surface area (Å²) in [6.45, 7) is 0. The minimum atomic E-state index is -1.03. The minimum absolute atomic E-state index is 0.145. The molecule has 0 saturated heterocycles. The third-order valence-electron chi connectivity index (χ3n) is 4.88. The molecule has 0 aliphatic heterocycles. The predicted octanol–water partition coefficient (Wildman–Crippen LogP) is 4.75. The largest absolute Gasteiger partial charge is 0.478 e. The van der Waals surface area contributed by atoms with Crippen molar-refractivity contribution in [1.82, 2.24) is 19.7 Å². The fraction of sp³-hybridized carbons (Fsp3) is 0.0455. The number of carboxylic acids is 1. The van der Waals surface area contributed by atoms with Gasteiger partial charge in [-0.05, 0) is 42.5 Å². The number of hydrogen-bond donors (Lipinski definition) is 2. The summed E-state index contributed by atoms with van der Waals surface area (Å²) in [7, 11) is 1.80. The quantitative estimate of drug-likeness (QED) is 0.453. The van der Waals surface area contributed by atoms with Gasteiger partial charge in [-0.15, -0.1) is 0 Å². The molecule has 0 atom stereocenters. The average molecular weight is 402 g/mol. The number of halogens is 1. The SMILES string of the molecule is Cn1nc(-c2cc3nccc(C(=O)O)c3[nH]2)c2cccc(Oc3ccc(F)cc3)c21. The molecule has 0 spiro atoms.